The standard InChI is InChI=1S/C15H10BrFN8/c16-8-3-1-2-6(10(8)17)12-9-11(20)7(4-18)13(21)24-14(9)25-15(23-12)22-5-19/h1-3,12H,(H6,20,21,22,23,24,25). The lowest BCUT2D eigenvalue weighted by Crippen LogP contribution is -2.33. The number of halogens is 2. The van der Waals surface area contributed by atoms with Crippen molar-refractivity contribution in [2.45, 2.75) is 6.04 Å². The molecular formula is C15H10BrFN8. The molecule has 1 aromatic carbocycles. The summed E-state index contributed by atoms with van der Waals surface area (Å²) in [6, 6.07) is 5.70. The first-order chi connectivity index (χ1) is 12.0. The van der Waals surface area contributed by atoms with Gasteiger partial charge in [0.25, 0.3) is 0 Å². The third-order valence-electron chi connectivity index (χ3n) is 3.63. The molecule has 2 aromatic rings. The number of benzene rings is 1. The summed E-state index contributed by atoms with van der Waals surface area (Å²) in [6.07, 6.45) is 1.73. The van der Waals surface area contributed by atoms with Gasteiger partial charge in [-0.2, -0.15) is 10.5 Å². The zero-order valence-electron chi connectivity index (χ0n) is 12.5. The van der Waals surface area contributed by atoms with Gasteiger partial charge in [-0.1, -0.05) is 12.1 Å². The van der Waals surface area contributed by atoms with Crippen molar-refractivity contribution in [2.24, 2.45) is 4.99 Å². The number of nitrogens with two attached hydrogens (primary N) is 2. The van der Waals surface area contributed by atoms with E-state index in [1.165, 1.54) is 6.07 Å². The summed E-state index contributed by atoms with van der Waals surface area (Å²) in [5, 5.41) is 23.2. The van der Waals surface area contributed by atoms with Crippen molar-refractivity contribution in [3.05, 3.63) is 45.2 Å². The molecule has 3 rings (SSSR count). The maximum Gasteiger partial charge on any atom is 0.211 e. The zero-order valence-corrected chi connectivity index (χ0v) is 14.1. The zero-order chi connectivity index (χ0) is 18.1. The van der Waals surface area contributed by atoms with Gasteiger partial charge in [0, 0.05) is 11.1 Å². The number of guanidine groups is 1. The SMILES string of the molecule is N#CNC1=NC(c2cccc(Br)c2F)c2c(nc(N)c(C#N)c2N)N1. The summed E-state index contributed by atoms with van der Waals surface area (Å²) in [6.45, 7) is 0. The third kappa shape index (κ3) is 2.69. The van der Waals surface area contributed by atoms with Crippen LogP contribution in [0.15, 0.2) is 27.7 Å². The minimum Gasteiger partial charge on any atom is -0.397 e. The van der Waals surface area contributed by atoms with Crippen LogP contribution in [0.3, 0.4) is 0 Å². The van der Waals surface area contributed by atoms with Crippen LogP contribution in [-0.2, 0) is 0 Å². The lowest BCUT2D eigenvalue weighted by Gasteiger charge is -2.26. The normalized spacial score (nSPS) is 15.2. The van der Waals surface area contributed by atoms with E-state index in [-0.39, 0.29) is 38.9 Å². The fourth-order valence-electron chi connectivity index (χ4n) is 2.54. The summed E-state index contributed by atoms with van der Waals surface area (Å²) >= 11 is 3.13. The van der Waals surface area contributed by atoms with Gasteiger partial charge in [0.05, 0.1) is 10.2 Å². The molecule has 0 amide bonds. The summed E-state index contributed by atoms with van der Waals surface area (Å²) in [4.78, 5) is 8.40. The molecular weight excluding hydrogens is 391 g/mol. The second-order valence-corrected chi connectivity index (χ2v) is 5.90. The van der Waals surface area contributed by atoms with Crippen LogP contribution in [0.1, 0.15) is 22.7 Å². The number of aliphatic imine (C=N–C) groups is 1. The molecule has 1 atom stereocenters. The van der Waals surface area contributed by atoms with Crippen LogP contribution in [0, 0.1) is 28.6 Å². The lowest BCUT2D eigenvalue weighted by atomic mass is 9.95. The third-order valence-corrected chi connectivity index (χ3v) is 4.25. The minimum absolute atomic E-state index is 0.00662. The number of nitrogen functional groups attached to an aromatic ring is 2. The molecule has 8 nitrogen and oxygen atoms in total. The molecule has 6 N–H and O–H groups in total. The number of nitriles is 2. The Morgan fingerprint density at radius 2 is 2.08 bits per heavy atom. The van der Waals surface area contributed by atoms with Gasteiger partial charge in [0.15, 0.2) is 6.19 Å². The summed E-state index contributed by atoms with van der Waals surface area (Å²) < 4.78 is 14.9. The Balaban J connectivity index is 2.30. The topological polar surface area (TPSA) is 149 Å². The highest BCUT2D eigenvalue weighted by Crippen LogP contribution is 2.41. The van der Waals surface area contributed by atoms with Gasteiger partial charge >= 0.3 is 0 Å². The quantitative estimate of drug-likeness (QED) is 0.422. The largest absolute Gasteiger partial charge is 0.397 e. The highest BCUT2D eigenvalue weighted by Gasteiger charge is 2.31. The van der Waals surface area contributed by atoms with Crippen molar-refractivity contribution in [3.63, 3.8) is 0 Å². The molecule has 1 unspecified atom stereocenters. The smallest absolute Gasteiger partial charge is 0.211 e. The molecule has 1 aliphatic rings. The van der Waals surface area contributed by atoms with E-state index < -0.39 is 11.9 Å². The number of nitrogens with one attached hydrogen (secondary N) is 2. The molecule has 0 bridgehead atoms. The maximum atomic E-state index is 14.6. The van der Waals surface area contributed by atoms with E-state index in [0.29, 0.717) is 5.56 Å². The van der Waals surface area contributed by atoms with E-state index in [9.17, 15) is 9.65 Å². The number of hydrogen-bond acceptors (Lipinski definition) is 8. The molecule has 25 heavy (non-hydrogen) atoms. The summed E-state index contributed by atoms with van der Waals surface area (Å²) in [5.41, 5.74) is 12.4. The van der Waals surface area contributed by atoms with E-state index in [4.69, 9.17) is 16.7 Å². The second-order valence-electron chi connectivity index (χ2n) is 5.04. The molecule has 0 saturated carbocycles. The molecule has 0 saturated heterocycles. The van der Waals surface area contributed by atoms with Gasteiger partial charge in [0.1, 0.15) is 35.1 Å². The predicted octanol–water partition coefficient (Wildman–Crippen LogP) is 1.96. The number of rotatable bonds is 1. The number of hydrogen-bond donors (Lipinski definition) is 4. The van der Waals surface area contributed by atoms with Gasteiger partial charge in [0.2, 0.25) is 5.96 Å². The highest BCUT2D eigenvalue weighted by atomic mass is 79.9. The molecule has 0 radical (unpaired) electrons. The van der Waals surface area contributed by atoms with Crippen LogP contribution in [0.25, 0.3) is 0 Å². The van der Waals surface area contributed by atoms with Crippen molar-refractivity contribution >= 4 is 39.2 Å². The number of anilines is 3. The molecule has 0 fully saturated rings. The average Bonchev–Trinajstić information content (AvgIpc) is 2.57. The first-order valence-electron chi connectivity index (χ1n) is 6.90. The fourth-order valence-corrected chi connectivity index (χ4v) is 2.92. The molecule has 0 spiro atoms. The van der Waals surface area contributed by atoms with E-state index in [1.807, 2.05) is 6.07 Å². The first-order valence-corrected chi connectivity index (χ1v) is 7.70. The first kappa shape index (κ1) is 16.5. The predicted molar refractivity (Wildman–Crippen MR) is 93.5 cm³/mol. The van der Waals surface area contributed by atoms with Crippen LogP contribution < -0.4 is 22.1 Å². The molecule has 2 heterocycles. The Kier molecular flexibility index (Phi) is 4.13. The highest BCUT2D eigenvalue weighted by molar-refractivity contribution is 9.10. The van der Waals surface area contributed by atoms with Gasteiger partial charge in [-0.15, -0.1) is 0 Å². The van der Waals surface area contributed by atoms with Crippen molar-refractivity contribution in [1.29, 1.82) is 10.5 Å². The van der Waals surface area contributed by atoms with Crippen LogP contribution in [0.2, 0.25) is 0 Å². The average molecular weight is 401 g/mol. The fraction of sp³-hybridized carbons (Fsp3) is 0.0667. The Bertz CT molecular complexity index is 988. The van der Waals surface area contributed by atoms with E-state index in [0.717, 1.165) is 0 Å². The summed E-state index contributed by atoms with van der Waals surface area (Å²) in [5.74, 6) is -0.338. The molecule has 1 aromatic heterocycles. The van der Waals surface area contributed by atoms with Crippen LogP contribution in [0.5, 0.6) is 0 Å². The van der Waals surface area contributed by atoms with Gasteiger partial charge in [-0.05, 0) is 22.0 Å². The number of nitrogens with zero attached hydrogens (tertiary/aromatic N) is 4. The Labute approximate surface area is 150 Å². The minimum atomic E-state index is -0.912. The lowest BCUT2D eigenvalue weighted by molar-refractivity contribution is 0.593. The van der Waals surface area contributed by atoms with Crippen molar-refractivity contribution in [2.75, 3.05) is 16.8 Å². The van der Waals surface area contributed by atoms with Crippen molar-refractivity contribution in [3.8, 4) is 12.3 Å². The number of pyridine rings is 1. The van der Waals surface area contributed by atoms with Crippen LogP contribution in [0.4, 0.5) is 21.7 Å². The van der Waals surface area contributed by atoms with E-state index >= 15 is 0 Å². The van der Waals surface area contributed by atoms with Crippen LogP contribution >= 0.6 is 15.9 Å². The molecule has 124 valence electrons. The Hall–Kier alpha value is -3.37. The number of fused-ring (bicyclic) bond motifs is 1. The van der Waals surface area contributed by atoms with Gasteiger partial charge in [-0.25, -0.2) is 14.4 Å². The monoisotopic (exact) mass is 400 g/mol. The molecule has 10 heteroatoms. The van der Waals surface area contributed by atoms with Crippen molar-refractivity contribution < 1.29 is 4.39 Å². The van der Waals surface area contributed by atoms with E-state index in [1.54, 1.807) is 18.3 Å². The Morgan fingerprint density at radius 1 is 1.32 bits per heavy atom. The van der Waals surface area contributed by atoms with Gasteiger partial charge in [-0.3, -0.25) is 5.32 Å². The van der Waals surface area contributed by atoms with Crippen molar-refractivity contribution in [1.82, 2.24) is 10.3 Å². The summed E-state index contributed by atoms with van der Waals surface area (Å²) in [7, 11) is 0. The van der Waals surface area contributed by atoms with Gasteiger partial charge < -0.3 is 16.8 Å². The molecule has 0 aliphatic carbocycles. The van der Waals surface area contributed by atoms with Crippen LogP contribution in [-0.4, -0.2) is 10.9 Å². The Morgan fingerprint density at radius 3 is 2.76 bits per heavy atom. The second kappa shape index (κ2) is 6.26. The maximum absolute atomic E-state index is 14.6. The number of aromatic nitrogens is 1. The molecule has 1 aliphatic heterocycles. The van der Waals surface area contributed by atoms with E-state index in [2.05, 4.69) is 36.5 Å².